The topological polar surface area (TPSA) is 103 Å². The third-order valence-electron chi connectivity index (χ3n) is 8.24. The first kappa shape index (κ1) is 31.4. The molecule has 5 rings (SSSR count). The second-order valence-electron chi connectivity index (χ2n) is 11.6. The summed E-state index contributed by atoms with van der Waals surface area (Å²) < 4.78 is 29.3. The zero-order valence-electron chi connectivity index (χ0n) is 25.7. The maximum Gasteiger partial charge on any atom is 0.253 e. The molecule has 1 atom stereocenters. The molecule has 0 aliphatic carbocycles. The number of nitrogens with zero attached hydrogens (tertiary/aromatic N) is 6. The maximum atomic E-state index is 13.1. The van der Waals surface area contributed by atoms with Crippen molar-refractivity contribution >= 4 is 48.9 Å². The van der Waals surface area contributed by atoms with Gasteiger partial charge in [-0.05, 0) is 81.5 Å². The number of hydrogen-bond acceptors (Lipinski definition) is 7. The van der Waals surface area contributed by atoms with E-state index in [9.17, 15) is 13.2 Å². The molecule has 0 saturated carbocycles. The lowest BCUT2D eigenvalue weighted by Crippen LogP contribution is -2.33. The van der Waals surface area contributed by atoms with Gasteiger partial charge >= 0.3 is 0 Å². The number of rotatable bonds is 10. The number of carbonyl (C=O) groups excluding carboxylic acids is 1. The smallest absolute Gasteiger partial charge is 0.253 e. The summed E-state index contributed by atoms with van der Waals surface area (Å²) in [7, 11) is 2.61. The number of amides is 1. The fraction of sp³-hybridized carbons (Fsp3) is 0.452. The van der Waals surface area contributed by atoms with Gasteiger partial charge in [0.2, 0.25) is 10.0 Å². The lowest BCUT2D eigenvalue weighted by molar-refractivity contribution is 0.0786. The summed E-state index contributed by atoms with van der Waals surface area (Å²) in [4.78, 5) is 26.7. The van der Waals surface area contributed by atoms with E-state index < -0.39 is 10.0 Å². The number of aliphatic imine (C=N–C) groups is 1. The molecule has 0 spiro atoms. The number of aryl methyl sites for hydroxylation is 1. The number of carbonyl (C=O) groups is 1. The van der Waals surface area contributed by atoms with Gasteiger partial charge in [0.15, 0.2) is 0 Å². The molecule has 2 aliphatic rings. The van der Waals surface area contributed by atoms with Crippen LogP contribution in [0.3, 0.4) is 0 Å². The number of hydrogen-bond donors (Lipinski definition) is 1. The van der Waals surface area contributed by atoms with Crippen molar-refractivity contribution in [1.29, 1.82) is 0 Å². The summed E-state index contributed by atoms with van der Waals surface area (Å²) in [5.74, 6) is 0.102. The van der Waals surface area contributed by atoms with E-state index in [2.05, 4.69) is 55.6 Å². The van der Waals surface area contributed by atoms with Crippen LogP contribution in [-0.2, 0) is 16.4 Å². The minimum absolute atomic E-state index is 0.00337. The molecule has 230 valence electrons. The van der Waals surface area contributed by atoms with Crippen molar-refractivity contribution in [3.8, 4) is 5.69 Å². The average Bonchev–Trinajstić information content (AvgIpc) is 3.70. The lowest BCUT2D eigenvalue weighted by Gasteiger charge is -2.20. The monoisotopic (exact) mass is 669 g/mol. The number of sulfonamides is 1. The molecule has 0 bridgehead atoms. The molecule has 0 radical (unpaired) electrons. The van der Waals surface area contributed by atoms with E-state index in [1.165, 1.54) is 0 Å². The van der Waals surface area contributed by atoms with Gasteiger partial charge in [-0.25, -0.2) is 13.4 Å². The predicted molar refractivity (Wildman–Crippen MR) is 176 cm³/mol. The molecule has 12 heteroatoms. The summed E-state index contributed by atoms with van der Waals surface area (Å²) in [5.41, 5.74) is 8.17. The summed E-state index contributed by atoms with van der Waals surface area (Å²) >= 11 is 3.64. The Labute approximate surface area is 263 Å². The number of nitrogens with one attached hydrogen (secondary N) is 1. The molecule has 1 N–H and O–H groups in total. The third kappa shape index (κ3) is 6.43. The van der Waals surface area contributed by atoms with E-state index in [1.54, 1.807) is 22.3 Å². The summed E-state index contributed by atoms with van der Waals surface area (Å²) in [5, 5.41) is 3.56. The first-order chi connectivity index (χ1) is 20.4. The molecule has 10 nitrogen and oxygen atoms in total. The van der Waals surface area contributed by atoms with Crippen molar-refractivity contribution in [1.82, 2.24) is 23.7 Å². The summed E-state index contributed by atoms with van der Waals surface area (Å²) in [6.07, 6.45) is 3.11. The highest BCUT2D eigenvalue weighted by Crippen LogP contribution is 2.41. The van der Waals surface area contributed by atoms with Crippen molar-refractivity contribution in [2.45, 2.75) is 39.7 Å². The van der Waals surface area contributed by atoms with Crippen LogP contribution < -0.4 is 5.32 Å². The fourth-order valence-electron chi connectivity index (χ4n) is 5.78. The van der Waals surface area contributed by atoms with Crippen LogP contribution in [-0.4, -0.2) is 103 Å². The van der Waals surface area contributed by atoms with Crippen molar-refractivity contribution in [3.63, 3.8) is 0 Å². The largest absolute Gasteiger partial charge is 0.378 e. The number of aromatic nitrogens is 2. The first-order valence-corrected chi connectivity index (χ1v) is 17.0. The van der Waals surface area contributed by atoms with Gasteiger partial charge in [0.05, 0.1) is 27.3 Å². The molecule has 4 heterocycles. The van der Waals surface area contributed by atoms with Gasteiger partial charge in [0.1, 0.15) is 5.69 Å². The standard InChI is InChI=1S/C31H40BrN7O3S/c1-7-43(41,42)38-12-11-23(19-38)34-29-26(32)18-33-28-17-27(35-30(28)29)25-15-20(2)39(21(25)3)24-10-8-9-22(16-24)31(40)37(6)14-13-36(4)5/h8-10,15-16,18,23H,7,11-14,17,19H2,1-6H3,(H,33,34). The van der Waals surface area contributed by atoms with Crippen LogP contribution in [0.1, 0.15) is 46.3 Å². The minimum Gasteiger partial charge on any atom is -0.378 e. The second kappa shape index (κ2) is 12.5. The molecular formula is C31H40BrN7O3S. The maximum absolute atomic E-state index is 13.1. The normalized spacial score (nSPS) is 16.9. The molecule has 1 unspecified atom stereocenters. The number of likely N-dealkylation sites (N-methyl/N-ethyl adjacent to an activating group) is 2. The van der Waals surface area contributed by atoms with Crippen molar-refractivity contribution < 1.29 is 13.2 Å². The van der Waals surface area contributed by atoms with Crippen LogP contribution in [0.4, 0.5) is 11.4 Å². The van der Waals surface area contributed by atoms with Crippen LogP contribution in [0.5, 0.6) is 0 Å². The Balaban J connectivity index is 1.40. The Morgan fingerprint density at radius 2 is 1.93 bits per heavy atom. The van der Waals surface area contributed by atoms with Crippen LogP contribution in [0.2, 0.25) is 0 Å². The van der Waals surface area contributed by atoms with Crippen molar-refractivity contribution in [3.05, 3.63) is 69.2 Å². The zero-order chi connectivity index (χ0) is 31.1. The van der Waals surface area contributed by atoms with Crippen molar-refractivity contribution in [2.75, 3.05) is 58.4 Å². The molecule has 3 aromatic rings. The number of halogens is 1. The van der Waals surface area contributed by atoms with E-state index in [0.717, 1.165) is 62.9 Å². The number of benzene rings is 1. The SMILES string of the molecule is CCS(=O)(=O)N1CCC(Nc2c(Br)cnc3c2N=C(c2cc(C)n(-c4cccc(C(=O)N(C)CCN(C)C)c4)c2C)C3)C1. The zero-order valence-corrected chi connectivity index (χ0v) is 28.1. The second-order valence-corrected chi connectivity index (χ2v) is 14.7. The number of pyridine rings is 1. The molecule has 1 amide bonds. The molecule has 1 saturated heterocycles. The van der Waals surface area contributed by atoms with E-state index in [-0.39, 0.29) is 17.7 Å². The van der Waals surface area contributed by atoms with Gasteiger partial charge < -0.3 is 19.7 Å². The highest BCUT2D eigenvalue weighted by molar-refractivity contribution is 9.10. The van der Waals surface area contributed by atoms with E-state index in [4.69, 9.17) is 4.99 Å². The molecule has 1 aromatic carbocycles. The Bertz CT molecular complexity index is 1680. The Kier molecular flexibility index (Phi) is 9.12. The number of anilines is 1. The van der Waals surface area contributed by atoms with Gasteiger partial charge in [-0.2, -0.15) is 4.31 Å². The summed E-state index contributed by atoms with van der Waals surface area (Å²) in [6.45, 7) is 8.22. The highest BCUT2D eigenvalue weighted by Gasteiger charge is 2.32. The van der Waals surface area contributed by atoms with Gasteiger partial charge in [0, 0.05) is 80.1 Å². The van der Waals surface area contributed by atoms with E-state index in [0.29, 0.717) is 31.6 Å². The third-order valence-corrected chi connectivity index (χ3v) is 10.7. The fourth-order valence-corrected chi connectivity index (χ4v) is 7.34. The Morgan fingerprint density at radius 3 is 2.65 bits per heavy atom. The lowest BCUT2D eigenvalue weighted by atomic mass is 10.1. The molecule has 2 aromatic heterocycles. The molecule has 1 fully saturated rings. The van der Waals surface area contributed by atoms with Gasteiger partial charge in [-0.3, -0.25) is 9.78 Å². The van der Waals surface area contributed by atoms with Crippen molar-refractivity contribution in [2.24, 2.45) is 4.99 Å². The van der Waals surface area contributed by atoms with Crippen LogP contribution in [0.25, 0.3) is 5.69 Å². The highest BCUT2D eigenvalue weighted by atomic mass is 79.9. The van der Waals surface area contributed by atoms with Gasteiger partial charge in [0.25, 0.3) is 5.91 Å². The van der Waals surface area contributed by atoms with E-state index >= 15 is 0 Å². The molecule has 43 heavy (non-hydrogen) atoms. The molecular weight excluding hydrogens is 630 g/mol. The van der Waals surface area contributed by atoms with E-state index in [1.807, 2.05) is 45.4 Å². The first-order valence-electron chi connectivity index (χ1n) is 14.6. The predicted octanol–water partition coefficient (Wildman–Crippen LogP) is 4.40. The number of fused-ring (bicyclic) bond motifs is 1. The quantitative estimate of drug-likeness (QED) is 0.343. The molecule has 2 aliphatic heterocycles. The van der Waals surface area contributed by atoms with Crippen LogP contribution in [0, 0.1) is 13.8 Å². The minimum atomic E-state index is -3.22. The van der Waals surface area contributed by atoms with Crippen LogP contribution >= 0.6 is 15.9 Å². The summed E-state index contributed by atoms with van der Waals surface area (Å²) in [6, 6.07) is 9.91. The Morgan fingerprint density at radius 1 is 1.16 bits per heavy atom. The van der Waals surface area contributed by atoms with Gasteiger partial charge in [-0.15, -0.1) is 0 Å². The average molecular weight is 671 g/mol. The Hall–Kier alpha value is -3.06. The van der Waals surface area contributed by atoms with Crippen LogP contribution in [0.15, 0.2) is 46.0 Å². The van der Waals surface area contributed by atoms with Gasteiger partial charge in [-0.1, -0.05) is 6.07 Å².